The molecule has 1 aliphatic carbocycles. The number of aryl methyl sites for hydroxylation is 3. The second-order valence-electron chi connectivity index (χ2n) is 6.52. The van der Waals surface area contributed by atoms with Crippen molar-refractivity contribution >= 4 is 18.3 Å². The Bertz CT molecular complexity index is 518. The van der Waals surface area contributed by atoms with Gasteiger partial charge in [-0.1, -0.05) is 26.2 Å². The molecular formula is C17H29ClN4O. The van der Waals surface area contributed by atoms with E-state index in [1.165, 1.54) is 6.42 Å². The zero-order valence-corrected chi connectivity index (χ0v) is 15.3. The summed E-state index contributed by atoms with van der Waals surface area (Å²) in [5, 5.41) is 3.00. The Morgan fingerprint density at radius 3 is 2.26 bits per heavy atom. The third-order valence-electron chi connectivity index (χ3n) is 4.61. The van der Waals surface area contributed by atoms with Gasteiger partial charge >= 0.3 is 0 Å². The van der Waals surface area contributed by atoms with E-state index < -0.39 is 0 Å². The van der Waals surface area contributed by atoms with Crippen molar-refractivity contribution < 1.29 is 4.79 Å². The number of carbonyl (C=O) groups excluding carboxylic acids is 1. The van der Waals surface area contributed by atoms with Crippen LogP contribution in [0.1, 0.15) is 61.8 Å². The Morgan fingerprint density at radius 2 is 1.74 bits per heavy atom. The summed E-state index contributed by atoms with van der Waals surface area (Å²) < 4.78 is 0. The minimum atomic E-state index is -0.222. The van der Waals surface area contributed by atoms with Crippen LogP contribution in [-0.4, -0.2) is 28.0 Å². The predicted molar refractivity (Wildman–Crippen MR) is 94.8 cm³/mol. The molecule has 1 aromatic heterocycles. The van der Waals surface area contributed by atoms with Crippen molar-refractivity contribution in [2.24, 2.45) is 5.73 Å². The molecule has 0 saturated heterocycles. The number of hydrogen-bond acceptors (Lipinski definition) is 4. The Balaban J connectivity index is 0.00000264. The molecule has 1 aliphatic rings. The van der Waals surface area contributed by atoms with Crippen LogP contribution >= 0.6 is 12.4 Å². The van der Waals surface area contributed by atoms with Crippen molar-refractivity contribution in [1.82, 2.24) is 15.3 Å². The van der Waals surface area contributed by atoms with Crippen LogP contribution < -0.4 is 11.1 Å². The van der Waals surface area contributed by atoms with Gasteiger partial charge in [0.15, 0.2) is 0 Å². The second kappa shape index (κ2) is 8.60. The molecule has 23 heavy (non-hydrogen) atoms. The second-order valence-corrected chi connectivity index (χ2v) is 6.52. The molecule has 0 bridgehead atoms. The van der Waals surface area contributed by atoms with Crippen LogP contribution in [0.2, 0.25) is 0 Å². The number of carbonyl (C=O) groups is 1. The third kappa shape index (κ3) is 5.43. The van der Waals surface area contributed by atoms with Gasteiger partial charge in [0, 0.05) is 35.5 Å². The largest absolute Gasteiger partial charge is 0.354 e. The van der Waals surface area contributed by atoms with Gasteiger partial charge < -0.3 is 11.1 Å². The van der Waals surface area contributed by atoms with Crippen molar-refractivity contribution in [3.05, 3.63) is 22.8 Å². The van der Waals surface area contributed by atoms with Crippen LogP contribution in [0.4, 0.5) is 0 Å². The summed E-state index contributed by atoms with van der Waals surface area (Å²) in [6, 6.07) is 0. The van der Waals surface area contributed by atoms with Gasteiger partial charge in [-0.2, -0.15) is 0 Å². The zero-order valence-electron chi connectivity index (χ0n) is 14.4. The highest BCUT2D eigenvalue weighted by molar-refractivity contribution is 5.85. The van der Waals surface area contributed by atoms with E-state index in [1.807, 2.05) is 20.8 Å². The van der Waals surface area contributed by atoms with Crippen LogP contribution in [-0.2, 0) is 17.6 Å². The van der Waals surface area contributed by atoms with E-state index in [-0.39, 0.29) is 23.9 Å². The molecule has 1 fully saturated rings. The van der Waals surface area contributed by atoms with E-state index in [0.717, 1.165) is 54.9 Å². The van der Waals surface area contributed by atoms with Crippen molar-refractivity contribution in [2.75, 3.05) is 6.54 Å². The van der Waals surface area contributed by atoms with Gasteiger partial charge in [0.05, 0.1) is 6.42 Å². The molecule has 0 aliphatic heterocycles. The van der Waals surface area contributed by atoms with Crippen molar-refractivity contribution in [2.45, 2.75) is 71.3 Å². The lowest BCUT2D eigenvalue weighted by atomic mass is 9.82. The fourth-order valence-corrected chi connectivity index (χ4v) is 3.15. The molecule has 3 N–H and O–H groups in total. The summed E-state index contributed by atoms with van der Waals surface area (Å²) in [5.74, 6) is 0.844. The summed E-state index contributed by atoms with van der Waals surface area (Å²) >= 11 is 0. The summed E-state index contributed by atoms with van der Waals surface area (Å²) in [5.41, 5.74) is 8.88. The summed E-state index contributed by atoms with van der Waals surface area (Å²) in [7, 11) is 0. The van der Waals surface area contributed by atoms with Gasteiger partial charge in [0.25, 0.3) is 0 Å². The molecule has 5 nitrogen and oxygen atoms in total. The lowest BCUT2D eigenvalue weighted by Gasteiger charge is -2.33. The van der Waals surface area contributed by atoms with E-state index in [9.17, 15) is 4.79 Å². The van der Waals surface area contributed by atoms with Gasteiger partial charge in [-0.25, -0.2) is 9.97 Å². The first kappa shape index (κ1) is 19.8. The summed E-state index contributed by atoms with van der Waals surface area (Å²) in [4.78, 5) is 21.1. The molecule has 2 rings (SSSR count). The Morgan fingerprint density at radius 1 is 1.17 bits per heavy atom. The standard InChI is InChI=1S/C17H28N4O.ClH/c1-4-15-20-12(2)14(13(3)21-15)10-16(22)19-11-17(18)8-6-5-7-9-17;/h4-11,18H2,1-3H3,(H,19,22);1H. The number of nitrogens with zero attached hydrogens (tertiary/aromatic N) is 2. The van der Waals surface area contributed by atoms with Gasteiger partial charge in [-0.3, -0.25) is 4.79 Å². The van der Waals surface area contributed by atoms with Gasteiger partial charge in [-0.15, -0.1) is 12.4 Å². The maximum absolute atomic E-state index is 12.2. The lowest BCUT2D eigenvalue weighted by Crippen LogP contribution is -2.51. The molecule has 6 heteroatoms. The fraction of sp³-hybridized carbons (Fsp3) is 0.706. The Labute approximate surface area is 145 Å². The minimum Gasteiger partial charge on any atom is -0.354 e. The maximum atomic E-state index is 12.2. The Hall–Kier alpha value is -1.20. The average molecular weight is 341 g/mol. The number of amides is 1. The van der Waals surface area contributed by atoms with E-state index in [4.69, 9.17) is 5.73 Å². The van der Waals surface area contributed by atoms with Gasteiger partial charge in [0.2, 0.25) is 5.91 Å². The molecule has 130 valence electrons. The van der Waals surface area contributed by atoms with Gasteiger partial charge in [0.1, 0.15) is 5.82 Å². The molecule has 1 aromatic rings. The molecule has 0 atom stereocenters. The number of hydrogen-bond donors (Lipinski definition) is 2. The highest BCUT2D eigenvalue weighted by Crippen LogP contribution is 2.25. The van der Waals surface area contributed by atoms with Crippen molar-refractivity contribution in [3.8, 4) is 0 Å². The minimum absolute atomic E-state index is 0. The van der Waals surface area contributed by atoms with E-state index in [1.54, 1.807) is 0 Å². The molecule has 1 saturated carbocycles. The predicted octanol–water partition coefficient (Wildman–Crippen LogP) is 2.40. The van der Waals surface area contributed by atoms with E-state index in [2.05, 4.69) is 15.3 Å². The molecule has 0 spiro atoms. The molecule has 1 heterocycles. The first-order valence-electron chi connectivity index (χ1n) is 8.32. The molecule has 0 unspecified atom stereocenters. The first-order chi connectivity index (χ1) is 10.4. The van der Waals surface area contributed by atoms with Crippen LogP contribution in [0, 0.1) is 13.8 Å². The average Bonchev–Trinajstić information content (AvgIpc) is 2.49. The summed E-state index contributed by atoms with van der Waals surface area (Å²) in [6.07, 6.45) is 6.72. The molecule has 1 amide bonds. The number of nitrogens with one attached hydrogen (secondary N) is 1. The highest BCUT2D eigenvalue weighted by Gasteiger charge is 2.27. The number of rotatable bonds is 5. The number of aromatic nitrogens is 2. The van der Waals surface area contributed by atoms with E-state index >= 15 is 0 Å². The van der Waals surface area contributed by atoms with Gasteiger partial charge in [-0.05, 0) is 26.7 Å². The molecule has 0 radical (unpaired) electrons. The monoisotopic (exact) mass is 340 g/mol. The van der Waals surface area contributed by atoms with Crippen LogP contribution in [0.3, 0.4) is 0 Å². The van der Waals surface area contributed by atoms with Crippen LogP contribution in [0.25, 0.3) is 0 Å². The highest BCUT2D eigenvalue weighted by atomic mass is 35.5. The third-order valence-corrected chi connectivity index (χ3v) is 4.61. The zero-order chi connectivity index (χ0) is 16.2. The van der Waals surface area contributed by atoms with Crippen molar-refractivity contribution in [3.63, 3.8) is 0 Å². The van der Waals surface area contributed by atoms with Crippen LogP contribution in [0.5, 0.6) is 0 Å². The number of halogens is 1. The smallest absolute Gasteiger partial charge is 0.224 e. The normalized spacial score (nSPS) is 16.5. The summed E-state index contributed by atoms with van der Waals surface area (Å²) in [6.45, 7) is 6.49. The fourth-order valence-electron chi connectivity index (χ4n) is 3.15. The SMILES string of the molecule is CCc1nc(C)c(CC(=O)NCC2(N)CCCCC2)c(C)n1.Cl. The van der Waals surface area contributed by atoms with Crippen LogP contribution in [0.15, 0.2) is 0 Å². The molecule has 0 aromatic carbocycles. The van der Waals surface area contributed by atoms with Crippen molar-refractivity contribution in [1.29, 1.82) is 0 Å². The topological polar surface area (TPSA) is 80.9 Å². The lowest BCUT2D eigenvalue weighted by molar-refractivity contribution is -0.120. The maximum Gasteiger partial charge on any atom is 0.224 e. The molecular weight excluding hydrogens is 312 g/mol. The number of nitrogens with two attached hydrogens (primary N) is 1. The Kier molecular flexibility index (Phi) is 7.42. The van der Waals surface area contributed by atoms with E-state index in [0.29, 0.717) is 13.0 Å². The first-order valence-corrected chi connectivity index (χ1v) is 8.32. The quantitative estimate of drug-likeness (QED) is 0.862.